The van der Waals surface area contributed by atoms with E-state index in [9.17, 15) is 4.79 Å². The number of nitrogens with zero attached hydrogens (tertiary/aromatic N) is 2. The van der Waals surface area contributed by atoms with Crippen LogP contribution in [0.4, 0.5) is 0 Å². The number of rotatable bonds is 5. The van der Waals surface area contributed by atoms with E-state index in [0.29, 0.717) is 12.2 Å². The topological polar surface area (TPSA) is 34.5 Å². The highest BCUT2D eigenvalue weighted by molar-refractivity contribution is 6.03. The number of hydrogen-bond donors (Lipinski definition) is 0. The molecule has 0 saturated carbocycles. The summed E-state index contributed by atoms with van der Waals surface area (Å²) in [7, 11) is 4.01. The summed E-state index contributed by atoms with van der Waals surface area (Å²) < 4.78 is 7.54. The Morgan fingerprint density at radius 1 is 1.04 bits per heavy atom. The Morgan fingerprint density at radius 3 is 2.48 bits per heavy atom. The van der Waals surface area contributed by atoms with E-state index in [4.69, 9.17) is 4.74 Å². The number of fused-ring (bicyclic) bond motifs is 1. The molecule has 0 saturated heterocycles. The predicted molar refractivity (Wildman–Crippen MR) is 92.2 cm³/mol. The summed E-state index contributed by atoms with van der Waals surface area (Å²) in [6.45, 7) is 1.41. The summed E-state index contributed by atoms with van der Waals surface area (Å²) in [5.74, 6) is 0.691. The summed E-state index contributed by atoms with van der Waals surface area (Å²) in [5.41, 5.74) is 1.52. The predicted octanol–water partition coefficient (Wildman–Crippen LogP) is 3.27. The maximum atomic E-state index is 12.8. The lowest BCUT2D eigenvalue weighted by Gasteiger charge is -2.10. The maximum absolute atomic E-state index is 12.8. The van der Waals surface area contributed by atoms with Crippen LogP contribution in [0.15, 0.2) is 60.8 Å². The van der Waals surface area contributed by atoms with Crippen LogP contribution in [0.2, 0.25) is 0 Å². The van der Waals surface area contributed by atoms with Crippen molar-refractivity contribution >= 4 is 16.8 Å². The molecule has 0 amide bonds. The summed E-state index contributed by atoms with van der Waals surface area (Å²) >= 11 is 0. The zero-order chi connectivity index (χ0) is 16.2. The van der Waals surface area contributed by atoms with Gasteiger partial charge in [-0.2, -0.15) is 0 Å². The van der Waals surface area contributed by atoms with Crippen LogP contribution in [0.1, 0.15) is 10.4 Å². The lowest BCUT2D eigenvalue weighted by molar-refractivity contribution is 0.0964. The molecule has 0 aliphatic carbocycles. The summed E-state index contributed by atoms with van der Waals surface area (Å²) in [4.78, 5) is 14.8. The van der Waals surface area contributed by atoms with Crippen molar-refractivity contribution in [2.45, 2.75) is 0 Å². The number of aromatic nitrogens is 1. The number of para-hydroxylation sites is 1. The molecule has 118 valence electrons. The minimum absolute atomic E-state index is 0.0516. The molecule has 0 fully saturated rings. The van der Waals surface area contributed by atoms with E-state index in [1.165, 1.54) is 0 Å². The highest BCUT2D eigenvalue weighted by Gasteiger charge is 2.15. The number of carbonyl (C=O) groups excluding carboxylic acids is 1. The van der Waals surface area contributed by atoms with Crippen molar-refractivity contribution in [3.05, 3.63) is 66.4 Å². The van der Waals surface area contributed by atoms with E-state index in [1.807, 2.05) is 68.7 Å². The van der Waals surface area contributed by atoms with Crippen molar-refractivity contribution < 1.29 is 9.53 Å². The van der Waals surface area contributed by atoms with Crippen molar-refractivity contribution in [3.63, 3.8) is 0 Å². The Balaban J connectivity index is 1.96. The molecule has 0 atom stereocenters. The van der Waals surface area contributed by atoms with Crippen molar-refractivity contribution in [1.29, 1.82) is 0 Å². The summed E-state index contributed by atoms with van der Waals surface area (Å²) in [5, 5.41) is 0.954. The first-order valence-electron chi connectivity index (χ1n) is 7.64. The number of likely N-dealkylation sites (N-methyl/N-ethyl adjacent to an activating group) is 1. The molecule has 2 aromatic carbocycles. The van der Waals surface area contributed by atoms with Gasteiger partial charge in [0, 0.05) is 17.5 Å². The minimum atomic E-state index is -0.0516. The fraction of sp³-hybridized carbons (Fsp3) is 0.211. The first-order chi connectivity index (χ1) is 11.2. The Hall–Kier alpha value is -2.59. The first-order valence-corrected chi connectivity index (χ1v) is 7.64. The van der Waals surface area contributed by atoms with Gasteiger partial charge in [0.1, 0.15) is 12.4 Å². The molecule has 1 heterocycles. The van der Waals surface area contributed by atoms with Crippen molar-refractivity contribution in [2.75, 3.05) is 27.2 Å². The molecule has 0 N–H and O–H groups in total. The minimum Gasteiger partial charge on any atom is -0.490 e. The van der Waals surface area contributed by atoms with Gasteiger partial charge in [-0.25, -0.2) is 0 Å². The van der Waals surface area contributed by atoms with Gasteiger partial charge in [0.2, 0.25) is 0 Å². The fourth-order valence-corrected chi connectivity index (χ4v) is 2.49. The number of hydrogen-bond acceptors (Lipinski definition) is 3. The molecule has 0 unspecified atom stereocenters. The van der Waals surface area contributed by atoms with Gasteiger partial charge in [0.25, 0.3) is 5.91 Å². The number of ether oxygens (including phenoxy) is 1. The van der Waals surface area contributed by atoms with Crippen LogP contribution in [-0.4, -0.2) is 42.6 Å². The van der Waals surface area contributed by atoms with E-state index in [-0.39, 0.29) is 5.91 Å². The third kappa shape index (κ3) is 3.27. The third-order valence-electron chi connectivity index (χ3n) is 3.71. The smallest absolute Gasteiger partial charge is 0.262 e. The maximum Gasteiger partial charge on any atom is 0.262 e. The van der Waals surface area contributed by atoms with Gasteiger partial charge >= 0.3 is 0 Å². The van der Waals surface area contributed by atoms with Crippen molar-refractivity contribution in [2.24, 2.45) is 0 Å². The normalized spacial score (nSPS) is 11.1. The molecule has 3 aromatic rings. The van der Waals surface area contributed by atoms with Gasteiger partial charge in [-0.1, -0.05) is 30.3 Å². The first kappa shape index (κ1) is 15.3. The van der Waals surface area contributed by atoms with Crippen LogP contribution in [0.25, 0.3) is 10.9 Å². The van der Waals surface area contributed by atoms with Crippen LogP contribution in [0.5, 0.6) is 5.75 Å². The van der Waals surface area contributed by atoms with Crippen molar-refractivity contribution in [3.8, 4) is 5.75 Å². The van der Waals surface area contributed by atoms with Crippen LogP contribution in [-0.2, 0) is 0 Å². The van der Waals surface area contributed by atoms with E-state index in [0.717, 1.165) is 23.2 Å². The lowest BCUT2D eigenvalue weighted by atomic mass is 10.2. The van der Waals surface area contributed by atoms with Gasteiger partial charge in [-0.05, 0) is 38.4 Å². The highest BCUT2D eigenvalue weighted by atomic mass is 16.5. The van der Waals surface area contributed by atoms with Gasteiger partial charge in [0.15, 0.2) is 0 Å². The van der Waals surface area contributed by atoms with Gasteiger partial charge in [0.05, 0.1) is 11.7 Å². The molecule has 4 heteroatoms. The van der Waals surface area contributed by atoms with E-state index >= 15 is 0 Å². The molecule has 1 aromatic heterocycles. The van der Waals surface area contributed by atoms with Crippen LogP contribution >= 0.6 is 0 Å². The van der Waals surface area contributed by atoms with E-state index in [2.05, 4.69) is 4.90 Å². The molecule has 0 aliphatic rings. The van der Waals surface area contributed by atoms with E-state index in [1.54, 1.807) is 10.8 Å². The Kier molecular flexibility index (Phi) is 4.44. The van der Waals surface area contributed by atoms with Gasteiger partial charge in [-0.3, -0.25) is 9.36 Å². The quantitative estimate of drug-likeness (QED) is 0.725. The van der Waals surface area contributed by atoms with Crippen molar-refractivity contribution in [1.82, 2.24) is 9.47 Å². The third-order valence-corrected chi connectivity index (χ3v) is 3.71. The molecule has 0 spiro atoms. The second kappa shape index (κ2) is 6.67. The van der Waals surface area contributed by atoms with Gasteiger partial charge in [-0.15, -0.1) is 0 Å². The molecule has 3 rings (SSSR count). The molecule has 0 radical (unpaired) electrons. The fourth-order valence-electron chi connectivity index (χ4n) is 2.49. The Bertz CT molecular complexity index is 807. The average Bonchev–Trinajstić information content (AvgIpc) is 2.94. The average molecular weight is 308 g/mol. The lowest BCUT2D eigenvalue weighted by Crippen LogP contribution is -2.19. The molecule has 23 heavy (non-hydrogen) atoms. The van der Waals surface area contributed by atoms with Crippen LogP contribution < -0.4 is 4.74 Å². The molecule has 0 aliphatic heterocycles. The monoisotopic (exact) mass is 308 g/mol. The van der Waals surface area contributed by atoms with Crippen LogP contribution in [0.3, 0.4) is 0 Å². The Morgan fingerprint density at radius 2 is 1.74 bits per heavy atom. The largest absolute Gasteiger partial charge is 0.490 e. The summed E-state index contributed by atoms with van der Waals surface area (Å²) in [6.07, 6.45) is 1.79. The van der Waals surface area contributed by atoms with Gasteiger partial charge < -0.3 is 9.64 Å². The zero-order valence-electron chi connectivity index (χ0n) is 13.4. The zero-order valence-corrected chi connectivity index (χ0v) is 13.4. The SMILES string of the molecule is CN(C)CCOc1cn(C(=O)c2ccccc2)c2ccccc12. The van der Waals surface area contributed by atoms with E-state index < -0.39 is 0 Å². The Labute approximate surface area is 135 Å². The van der Waals surface area contributed by atoms with Crippen LogP contribution in [0, 0.1) is 0 Å². The molecular weight excluding hydrogens is 288 g/mol. The second-order valence-corrected chi connectivity index (χ2v) is 5.70. The summed E-state index contributed by atoms with van der Waals surface area (Å²) in [6, 6.07) is 17.1. The standard InChI is InChI=1S/C19H20N2O2/c1-20(2)12-13-23-18-14-21(17-11-7-6-10-16(17)18)19(22)15-8-4-3-5-9-15/h3-11,14H,12-13H2,1-2H3. The molecular formula is C19H20N2O2. The highest BCUT2D eigenvalue weighted by Crippen LogP contribution is 2.28. The number of benzene rings is 2. The second-order valence-electron chi connectivity index (χ2n) is 5.70. The number of carbonyl (C=O) groups is 1. The molecule has 0 bridgehead atoms. The molecule has 4 nitrogen and oxygen atoms in total.